The van der Waals surface area contributed by atoms with Gasteiger partial charge in [0.1, 0.15) is 0 Å². The molecule has 1 unspecified atom stereocenters. The molecule has 0 bridgehead atoms. The van der Waals surface area contributed by atoms with Crippen LogP contribution in [-0.4, -0.2) is 18.8 Å². The van der Waals surface area contributed by atoms with Crippen LogP contribution >= 0.6 is 23.2 Å². The summed E-state index contributed by atoms with van der Waals surface area (Å²) in [5.74, 6) is -0.990. The fourth-order valence-electron chi connectivity index (χ4n) is 1.84. The van der Waals surface area contributed by atoms with E-state index in [0.717, 1.165) is 6.21 Å². The smallest absolute Gasteiger partial charge is 0.403 e. The van der Waals surface area contributed by atoms with Gasteiger partial charge in [-0.3, -0.25) is 0 Å². The van der Waals surface area contributed by atoms with Crippen LogP contribution in [0.2, 0.25) is 10.0 Å². The van der Waals surface area contributed by atoms with Crippen molar-refractivity contribution in [1.29, 1.82) is 0 Å². The maximum Gasteiger partial charge on any atom is 0.573 e. The van der Waals surface area contributed by atoms with Crippen LogP contribution in [0.5, 0.6) is 5.75 Å². The molecule has 122 valence electrons. The number of halogens is 8. The van der Waals surface area contributed by atoms with Crippen molar-refractivity contribution >= 4 is 29.4 Å². The Bertz CT molecular complexity index is 583. The number of benzene rings is 1. The summed E-state index contributed by atoms with van der Waals surface area (Å²) < 4.78 is 79.9. The van der Waals surface area contributed by atoms with Crippen LogP contribution in [0.3, 0.4) is 0 Å². The van der Waals surface area contributed by atoms with E-state index in [1.54, 1.807) is 0 Å². The van der Waals surface area contributed by atoms with E-state index < -0.39 is 45.9 Å². The Morgan fingerprint density at radius 1 is 1.09 bits per heavy atom. The third kappa shape index (κ3) is 3.05. The number of rotatable bonds is 2. The van der Waals surface area contributed by atoms with Crippen molar-refractivity contribution in [3.63, 3.8) is 0 Å². The molecule has 11 heteroatoms. The van der Waals surface area contributed by atoms with Crippen molar-refractivity contribution in [2.45, 2.75) is 24.6 Å². The van der Waals surface area contributed by atoms with Gasteiger partial charge in [-0.1, -0.05) is 28.4 Å². The quantitative estimate of drug-likeness (QED) is 0.684. The molecule has 0 saturated carbocycles. The lowest BCUT2D eigenvalue weighted by molar-refractivity contribution is -0.277. The zero-order valence-corrected chi connectivity index (χ0v) is 11.7. The number of oxime groups is 1. The van der Waals surface area contributed by atoms with Crippen molar-refractivity contribution in [2.24, 2.45) is 5.16 Å². The molecule has 22 heavy (non-hydrogen) atoms. The van der Waals surface area contributed by atoms with E-state index in [1.807, 2.05) is 0 Å². The van der Waals surface area contributed by atoms with E-state index >= 15 is 0 Å². The molecular formula is C11H5Cl2F6NO2. The van der Waals surface area contributed by atoms with Crippen LogP contribution in [0.4, 0.5) is 26.3 Å². The minimum absolute atomic E-state index is 0.581. The summed E-state index contributed by atoms with van der Waals surface area (Å²) in [5.41, 5.74) is -3.43. The molecule has 0 amide bonds. The Morgan fingerprint density at radius 2 is 1.64 bits per heavy atom. The van der Waals surface area contributed by atoms with Crippen molar-refractivity contribution < 1.29 is 35.9 Å². The van der Waals surface area contributed by atoms with Gasteiger partial charge in [0, 0.05) is 18.2 Å². The Balaban J connectivity index is 2.50. The lowest BCUT2D eigenvalue weighted by Crippen LogP contribution is -2.42. The molecule has 2 rings (SSSR count). The van der Waals surface area contributed by atoms with Gasteiger partial charge in [-0.05, 0) is 12.1 Å². The van der Waals surface area contributed by atoms with Crippen molar-refractivity contribution in [3.05, 3.63) is 27.7 Å². The standard InChI is InChI=1S/C11H5Cl2F6NO2/c12-6-3-5(4-7(13)8(6)21-11(17,18)19)9(10(14,15)16)1-2-20-22-9/h2-4H,1H2. The number of hydrogen-bond acceptors (Lipinski definition) is 3. The molecule has 1 aliphatic rings. The average molecular weight is 368 g/mol. The van der Waals surface area contributed by atoms with Gasteiger partial charge in [0.2, 0.25) is 0 Å². The van der Waals surface area contributed by atoms with Crippen LogP contribution in [0.15, 0.2) is 17.3 Å². The predicted octanol–water partition coefficient (Wildman–Crippen LogP) is 5.06. The summed E-state index contributed by atoms with van der Waals surface area (Å²) in [5, 5.41) is 1.60. The van der Waals surface area contributed by atoms with E-state index in [0.29, 0.717) is 12.1 Å². The van der Waals surface area contributed by atoms with Crippen LogP contribution in [0.25, 0.3) is 0 Å². The summed E-state index contributed by atoms with van der Waals surface area (Å²) >= 11 is 11.1. The second-order valence-corrected chi connectivity index (χ2v) is 5.04. The molecule has 0 spiro atoms. The predicted molar refractivity (Wildman–Crippen MR) is 65.1 cm³/mol. The highest BCUT2D eigenvalue weighted by Gasteiger charge is 2.61. The van der Waals surface area contributed by atoms with E-state index in [2.05, 4.69) is 14.7 Å². The molecule has 1 aliphatic heterocycles. The molecule has 1 aromatic rings. The normalized spacial score (nSPS) is 21.8. The van der Waals surface area contributed by atoms with Gasteiger partial charge < -0.3 is 9.57 Å². The van der Waals surface area contributed by atoms with Gasteiger partial charge in [-0.25, -0.2) is 0 Å². The van der Waals surface area contributed by atoms with Crippen molar-refractivity contribution in [3.8, 4) is 5.75 Å². The third-order valence-corrected chi connectivity index (χ3v) is 3.36. The topological polar surface area (TPSA) is 30.8 Å². The van der Waals surface area contributed by atoms with Gasteiger partial charge in [-0.15, -0.1) is 13.2 Å². The summed E-state index contributed by atoms with van der Waals surface area (Å²) in [7, 11) is 0. The number of nitrogens with zero attached hydrogens (tertiary/aromatic N) is 1. The summed E-state index contributed by atoms with van der Waals surface area (Å²) in [6, 6.07) is 1.30. The molecule has 0 radical (unpaired) electrons. The largest absolute Gasteiger partial charge is 0.573 e. The first kappa shape index (κ1) is 17.0. The van der Waals surface area contributed by atoms with Crippen molar-refractivity contribution in [2.75, 3.05) is 0 Å². The van der Waals surface area contributed by atoms with Gasteiger partial charge in [0.05, 0.1) is 10.0 Å². The van der Waals surface area contributed by atoms with Gasteiger partial charge in [0.25, 0.3) is 5.60 Å². The maximum absolute atomic E-state index is 13.2. The highest BCUT2D eigenvalue weighted by Crippen LogP contribution is 2.49. The Kier molecular flexibility index (Phi) is 4.16. The Hall–Kier alpha value is -1.35. The van der Waals surface area contributed by atoms with Crippen LogP contribution in [0.1, 0.15) is 12.0 Å². The molecular weight excluding hydrogens is 363 g/mol. The van der Waals surface area contributed by atoms with Gasteiger partial charge in [-0.2, -0.15) is 13.2 Å². The molecule has 3 nitrogen and oxygen atoms in total. The molecule has 0 fully saturated rings. The van der Waals surface area contributed by atoms with Crippen LogP contribution in [-0.2, 0) is 10.4 Å². The minimum atomic E-state index is -5.09. The fourth-order valence-corrected chi connectivity index (χ4v) is 2.40. The average Bonchev–Trinajstić information content (AvgIpc) is 2.82. The third-order valence-electron chi connectivity index (χ3n) is 2.80. The zero-order valence-electron chi connectivity index (χ0n) is 10.2. The number of alkyl halides is 6. The first-order valence-corrected chi connectivity index (χ1v) is 6.24. The molecule has 0 aromatic heterocycles. The van der Waals surface area contributed by atoms with E-state index in [-0.39, 0.29) is 0 Å². The van der Waals surface area contributed by atoms with E-state index in [9.17, 15) is 26.3 Å². The molecule has 1 aromatic carbocycles. The maximum atomic E-state index is 13.2. The summed E-state index contributed by atoms with van der Waals surface area (Å²) in [4.78, 5) is 4.41. The van der Waals surface area contributed by atoms with E-state index in [4.69, 9.17) is 23.2 Å². The first-order valence-electron chi connectivity index (χ1n) is 5.48. The first-order chi connectivity index (χ1) is 9.96. The zero-order chi connectivity index (χ0) is 16.8. The SMILES string of the molecule is FC(F)(F)Oc1c(Cl)cc(C2(C(F)(F)F)CC=NO2)cc1Cl. The molecule has 0 saturated heterocycles. The van der Waals surface area contributed by atoms with Crippen LogP contribution in [0, 0.1) is 0 Å². The molecule has 1 heterocycles. The highest BCUT2D eigenvalue weighted by molar-refractivity contribution is 6.37. The lowest BCUT2D eigenvalue weighted by Gasteiger charge is -2.29. The molecule has 0 N–H and O–H groups in total. The highest BCUT2D eigenvalue weighted by atomic mass is 35.5. The van der Waals surface area contributed by atoms with Gasteiger partial charge in [0.15, 0.2) is 5.75 Å². The Labute approximate surface area is 129 Å². The molecule has 1 atom stereocenters. The van der Waals surface area contributed by atoms with Crippen LogP contribution < -0.4 is 4.74 Å². The van der Waals surface area contributed by atoms with Crippen molar-refractivity contribution in [1.82, 2.24) is 0 Å². The Morgan fingerprint density at radius 3 is 2.00 bits per heavy atom. The number of ether oxygens (including phenoxy) is 1. The second-order valence-electron chi connectivity index (χ2n) is 4.22. The van der Waals surface area contributed by atoms with E-state index in [1.165, 1.54) is 0 Å². The summed E-state index contributed by atoms with van der Waals surface area (Å²) in [6.45, 7) is 0. The monoisotopic (exact) mass is 367 g/mol. The van der Waals surface area contributed by atoms with Gasteiger partial charge >= 0.3 is 12.5 Å². The second kappa shape index (κ2) is 5.38. The minimum Gasteiger partial charge on any atom is -0.403 e. The fraction of sp³-hybridized carbons (Fsp3) is 0.364. The number of hydrogen-bond donors (Lipinski definition) is 0. The summed E-state index contributed by atoms with van der Waals surface area (Å²) in [6.07, 6.45) is -9.76. The molecule has 0 aliphatic carbocycles. The lowest BCUT2D eigenvalue weighted by atomic mass is 9.90.